The molecule has 0 bridgehead atoms. The van der Waals surface area contributed by atoms with Gasteiger partial charge in [0, 0.05) is 6.92 Å². The van der Waals surface area contributed by atoms with Gasteiger partial charge in [0.05, 0.1) is 6.07 Å². The van der Waals surface area contributed by atoms with Crippen molar-refractivity contribution in [2.24, 2.45) is 0 Å². The lowest BCUT2D eigenvalue weighted by atomic mass is 10.4. The molecule has 0 saturated carbocycles. The van der Waals surface area contributed by atoms with Gasteiger partial charge in [-0.15, -0.1) is 0 Å². The maximum Gasteiger partial charge on any atom is 0.0587 e. The summed E-state index contributed by atoms with van der Waals surface area (Å²) in [6, 6.07) is 1.75. The van der Waals surface area contributed by atoms with Crippen LogP contribution in [0.15, 0.2) is 0 Å². The van der Waals surface area contributed by atoms with Gasteiger partial charge in [-0.3, -0.25) is 0 Å². The van der Waals surface area contributed by atoms with Crippen LogP contribution in [0.5, 0.6) is 0 Å². The van der Waals surface area contributed by atoms with Gasteiger partial charge in [0.25, 0.3) is 0 Å². The lowest BCUT2D eigenvalue weighted by Crippen LogP contribution is -1.58. The number of thioether (sulfide) groups is 1. The van der Waals surface area contributed by atoms with Crippen LogP contribution in [-0.2, 0) is 0 Å². The van der Waals surface area contributed by atoms with Crippen LogP contribution in [0.2, 0.25) is 0 Å². The molecule has 0 aromatic rings. The van der Waals surface area contributed by atoms with Gasteiger partial charge < -0.3 is 0 Å². The molecular weight excluding hydrogens is 118 g/mol. The van der Waals surface area contributed by atoms with Crippen molar-refractivity contribution in [2.75, 3.05) is 11.5 Å². The van der Waals surface area contributed by atoms with Crippen LogP contribution < -0.4 is 0 Å². The van der Waals surface area contributed by atoms with Crippen LogP contribution in [0.4, 0.5) is 0 Å². The van der Waals surface area contributed by atoms with Gasteiger partial charge >= 0.3 is 0 Å². The third kappa shape index (κ3) is 5.84. The normalized spacial score (nSPS) is 16.0. The van der Waals surface area contributed by atoms with Crippen LogP contribution >= 0.6 is 11.8 Å². The van der Waals surface area contributed by atoms with Gasteiger partial charge in [-0.2, -0.15) is 17.0 Å². The molecule has 1 saturated heterocycles. The van der Waals surface area contributed by atoms with Crippen LogP contribution in [0.1, 0.15) is 19.8 Å². The standard InChI is InChI=1S/C4H8S.C2H3N/c1-2-4-5-3-1;1-2-3/h1-4H2;1H3. The van der Waals surface area contributed by atoms with Crippen molar-refractivity contribution in [1.29, 1.82) is 5.26 Å². The molecule has 1 rings (SSSR count). The minimum atomic E-state index is 1.42. The summed E-state index contributed by atoms with van der Waals surface area (Å²) in [6.07, 6.45) is 2.93. The monoisotopic (exact) mass is 129 g/mol. The average Bonchev–Trinajstić information content (AvgIpc) is 2.17. The highest BCUT2D eigenvalue weighted by Gasteiger charge is 1.95. The quantitative estimate of drug-likeness (QED) is 0.499. The highest BCUT2D eigenvalue weighted by atomic mass is 32.2. The number of rotatable bonds is 0. The maximum atomic E-state index is 7.32. The van der Waals surface area contributed by atoms with Crippen molar-refractivity contribution < 1.29 is 0 Å². The first-order valence-corrected chi connectivity index (χ1v) is 3.96. The first-order valence-electron chi connectivity index (χ1n) is 2.80. The second kappa shape index (κ2) is 6.84. The molecule has 46 valence electrons. The smallest absolute Gasteiger partial charge is 0.0587 e. The first-order chi connectivity index (χ1) is 3.91. The lowest BCUT2D eigenvalue weighted by Gasteiger charge is -1.69. The summed E-state index contributed by atoms with van der Waals surface area (Å²) in [4.78, 5) is 0. The number of nitrogens with zero attached hydrogens (tertiary/aromatic N) is 1. The third-order valence-corrected chi connectivity index (χ3v) is 1.98. The van der Waals surface area contributed by atoms with E-state index >= 15 is 0 Å². The maximum absolute atomic E-state index is 7.32. The highest BCUT2D eigenvalue weighted by Crippen LogP contribution is 2.14. The molecule has 1 aliphatic heterocycles. The summed E-state index contributed by atoms with van der Waals surface area (Å²) >= 11 is 2.07. The summed E-state index contributed by atoms with van der Waals surface area (Å²) in [6.45, 7) is 1.43. The van der Waals surface area contributed by atoms with Crippen LogP contribution in [0.25, 0.3) is 0 Å². The molecule has 0 N–H and O–H groups in total. The minimum absolute atomic E-state index is 1.42. The zero-order chi connectivity index (χ0) is 6.24. The topological polar surface area (TPSA) is 23.8 Å². The molecule has 0 amide bonds. The van der Waals surface area contributed by atoms with E-state index in [0.29, 0.717) is 0 Å². The van der Waals surface area contributed by atoms with Gasteiger partial charge in [0.1, 0.15) is 0 Å². The molecule has 1 heterocycles. The molecule has 2 heteroatoms. The van der Waals surface area contributed by atoms with Gasteiger partial charge in [0.2, 0.25) is 0 Å². The second-order valence-corrected chi connectivity index (χ2v) is 2.77. The van der Waals surface area contributed by atoms with Crippen LogP contribution in [0, 0.1) is 11.3 Å². The summed E-state index contributed by atoms with van der Waals surface area (Å²) in [5.74, 6) is 2.83. The van der Waals surface area contributed by atoms with E-state index in [2.05, 4.69) is 11.8 Å². The molecule has 0 aliphatic carbocycles. The van der Waals surface area contributed by atoms with Gasteiger partial charge in [-0.05, 0) is 24.3 Å². The zero-order valence-corrected chi connectivity index (χ0v) is 6.00. The molecular formula is C6H11NS. The Kier molecular flexibility index (Phi) is 6.70. The molecule has 8 heavy (non-hydrogen) atoms. The van der Waals surface area contributed by atoms with E-state index in [4.69, 9.17) is 5.26 Å². The van der Waals surface area contributed by atoms with Crippen molar-refractivity contribution in [3.63, 3.8) is 0 Å². The fourth-order valence-electron chi connectivity index (χ4n) is 0.510. The van der Waals surface area contributed by atoms with E-state index in [-0.39, 0.29) is 0 Å². The van der Waals surface area contributed by atoms with Crippen molar-refractivity contribution in [2.45, 2.75) is 19.8 Å². The van der Waals surface area contributed by atoms with E-state index in [0.717, 1.165) is 0 Å². The summed E-state index contributed by atoms with van der Waals surface area (Å²) in [7, 11) is 0. The second-order valence-electron chi connectivity index (χ2n) is 1.54. The highest BCUT2D eigenvalue weighted by molar-refractivity contribution is 7.99. The molecule has 1 aliphatic rings. The van der Waals surface area contributed by atoms with E-state index in [1.54, 1.807) is 6.07 Å². The summed E-state index contributed by atoms with van der Waals surface area (Å²) in [5, 5.41) is 7.32. The van der Waals surface area contributed by atoms with Gasteiger partial charge in [-0.1, -0.05) is 0 Å². The molecule has 0 spiro atoms. The molecule has 0 radical (unpaired) electrons. The van der Waals surface area contributed by atoms with Crippen LogP contribution in [-0.4, -0.2) is 11.5 Å². The predicted molar refractivity (Wildman–Crippen MR) is 37.8 cm³/mol. The minimum Gasteiger partial charge on any atom is -0.199 e. The molecule has 1 nitrogen and oxygen atoms in total. The zero-order valence-electron chi connectivity index (χ0n) is 5.18. The van der Waals surface area contributed by atoms with E-state index in [1.165, 1.54) is 31.3 Å². The van der Waals surface area contributed by atoms with Crippen molar-refractivity contribution in [3.05, 3.63) is 0 Å². The van der Waals surface area contributed by atoms with E-state index < -0.39 is 0 Å². The Morgan fingerprint density at radius 2 is 1.75 bits per heavy atom. The SMILES string of the molecule is C1CCSC1.CC#N. The Balaban J connectivity index is 0.000000145. The number of hydrogen-bond acceptors (Lipinski definition) is 2. The number of hydrogen-bond donors (Lipinski definition) is 0. The Bertz CT molecular complexity index is 63.5. The molecule has 0 aromatic heterocycles. The molecule has 0 aromatic carbocycles. The first kappa shape index (κ1) is 7.84. The van der Waals surface area contributed by atoms with E-state index in [9.17, 15) is 0 Å². The van der Waals surface area contributed by atoms with E-state index in [1.807, 2.05) is 0 Å². The largest absolute Gasteiger partial charge is 0.199 e. The molecule has 0 unspecified atom stereocenters. The van der Waals surface area contributed by atoms with Crippen molar-refractivity contribution >= 4 is 11.8 Å². The summed E-state index contributed by atoms with van der Waals surface area (Å²) in [5.41, 5.74) is 0. The average molecular weight is 129 g/mol. The fourth-order valence-corrected chi connectivity index (χ4v) is 1.53. The molecule has 1 fully saturated rings. The predicted octanol–water partition coefficient (Wildman–Crippen LogP) is 2.04. The third-order valence-electron chi connectivity index (χ3n) is 0.827. The Labute approximate surface area is 55.1 Å². The lowest BCUT2D eigenvalue weighted by molar-refractivity contribution is 0.949. The number of nitriles is 1. The van der Waals surface area contributed by atoms with Crippen LogP contribution in [0.3, 0.4) is 0 Å². The molecule has 0 atom stereocenters. The Hall–Kier alpha value is -0.160. The fraction of sp³-hybridized carbons (Fsp3) is 0.833. The van der Waals surface area contributed by atoms with Crippen molar-refractivity contribution in [1.82, 2.24) is 0 Å². The summed E-state index contributed by atoms with van der Waals surface area (Å²) < 4.78 is 0. The van der Waals surface area contributed by atoms with Gasteiger partial charge in [-0.25, -0.2) is 0 Å². The van der Waals surface area contributed by atoms with Crippen molar-refractivity contribution in [3.8, 4) is 6.07 Å². The van der Waals surface area contributed by atoms with Gasteiger partial charge in [0.15, 0.2) is 0 Å². The Morgan fingerprint density at radius 3 is 1.88 bits per heavy atom. The Morgan fingerprint density at radius 1 is 1.38 bits per heavy atom.